The van der Waals surface area contributed by atoms with Crippen molar-refractivity contribution in [1.82, 2.24) is 5.32 Å². The lowest BCUT2D eigenvalue weighted by atomic mass is 9.88. The summed E-state index contributed by atoms with van der Waals surface area (Å²) in [6, 6.07) is 17.3. The number of rotatable bonds is 4. The highest BCUT2D eigenvalue weighted by Crippen LogP contribution is 2.33. The Kier molecular flexibility index (Phi) is 6.88. The molecule has 2 aromatic rings. The maximum atomic E-state index is 9.55. The van der Waals surface area contributed by atoms with Crippen LogP contribution in [0.25, 0.3) is 12.2 Å². The van der Waals surface area contributed by atoms with Gasteiger partial charge < -0.3 is 15.5 Å². The molecule has 0 aromatic heterocycles. The van der Waals surface area contributed by atoms with Gasteiger partial charge in [0.05, 0.1) is 0 Å². The minimum Gasteiger partial charge on any atom is -0.478 e. The molecular weight excluding hydrogens is 330 g/mol. The summed E-state index contributed by atoms with van der Waals surface area (Å²) in [4.78, 5) is 19.1. The minimum atomic E-state index is -1.26. The van der Waals surface area contributed by atoms with E-state index in [0.717, 1.165) is 6.54 Å². The van der Waals surface area contributed by atoms with Crippen LogP contribution in [-0.4, -0.2) is 35.7 Å². The second-order valence-electron chi connectivity index (χ2n) is 5.71. The summed E-state index contributed by atoms with van der Waals surface area (Å²) in [5.74, 6) is -2.09. The highest BCUT2D eigenvalue weighted by molar-refractivity contribution is 5.89. The number of aliphatic carboxylic acids is 2. The van der Waals surface area contributed by atoms with Gasteiger partial charge in [-0.1, -0.05) is 60.7 Å². The van der Waals surface area contributed by atoms with Gasteiger partial charge in [0, 0.05) is 24.6 Å². The third-order valence-electron chi connectivity index (χ3n) is 3.96. The number of hydrogen-bond donors (Lipinski definition) is 3. The molecule has 0 saturated heterocycles. The predicted molar refractivity (Wildman–Crippen MR) is 102 cm³/mol. The van der Waals surface area contributed by atoms with E-state index in [4.69, 9.17) is 10.2 Å². The number of carboxylic acids is 2. The van der Waals surface area contributed by atoms with E-state index in [2.05, 4.69) is 66.0 Å². The molecule has 0 radical (unpaired) electrons. The van der Waals surface area contributed by atoms with E-state index in [0.29, 0.717) is 18.1 Å². The van der Waals surface area contributed by atoms with Crippen molar-refractivity contribution in [1.29, 1.82) is 0 Å². The van der Waals surface area contributed by atoms with Crippen LogP contribution in [0.4, 0.5) is 0 Å². The molecule has 2 aromatic carbocycles. The Bertz CT molecular complexity index is 774. The summed E-state index contributed by atoms with van der Waals surface area (Å²) in [6.45, 7) is 0.968. The Balaban J connectivity index is 0.000000260. The molecule has 0 bridgehead atoms. The first-order valence-corrected chi connectivity index (χ1v) is 8.17. The lowest BCUT2D eigenvalue weighted by Crippen LogP contribution is -2.19. The van der Waals surface area contributed by atoms with Crippen molar-refractivity contribution >= 4 is 24.1 Å². The van der Waals surface area contributed by atoms with E-state index < -0.39 is 11.9 Å². The standard InChI is InChI=1S/C17H17N.C4H4O4/c1-18-12-17-15-8-4-2-6-13(15)10-11-14-7-3-5-9-16(14)17;5-3(6)1-2-4(7)8/h2-11,17-18H,12H2,1H3;1-2H,(H,5,6)(H,7,8). The zero-order chi connectivity index (χ0) is 18.9. The van der Waals surface area contributed by atoms with Crippen molar-refractivity contribution in [2.45, 2.75) is 5.92 Å². The Labute approximate surface area is 152 Å². The van der Waals surface area contributed by atoms with Gasteiger partial charge in [0.15, 0.2) is 0 Å². The number of carbonyl (C=O) groups is 2. The van der Waals surface area contributed by atoms with E-state index >= 15 is 0 Å². The molecule has 3 rings (SSSR count). The summed E-state index contributed by atoms with van der Waals surface area (Å²) in [6.07, 6.45) is 5.57. The van der Waals surface area contributed by atoms with Crippen LogP contribution in [0, 0.1) is 0 Å². The fourth-order valence-corrected chi connectivity index (χ4v) is 2.87. The van der Waals surface area contributed by atoms with Gasteiger partial charge in [-0.05, 0) is 29.3 Å². The van der Waals surface area contributed by atoms with Crippen LogP contribution in [0.5, 0.6) is 0 Å². The highest BCUT2D eigenvalue weighted by atomic mass is 16.4. The first-order valence-electron chi connectivity index (χ1n) is 8.17. The minimum absolute atomic E-state index is 0.428. The number of hydrogen-bond acceptors (Lipinski definition) is 3. The fraction of sp³-hybridized carbons (Fsp3) is 0.143. The molecule has 5 heteroatoms. The molecule has 0 saturated carbocycles. The van der Waals surface area contributed by atoms with Gasteiger partial charge in [-0.2, -0.15) is 0 Å². The molecule has 1 aliphatic carbocycles. The summed E-state index contributed by atoms with van der Waals surface area (Å²) in [5.41, 5.74) is 5.48. The van der Waals surface area contributed by atoms with Crippen molar-refractivity contribution in [2.24, 2.45) is 0 Å². The number of fused-ring (bicyclic) bond motifs is 2. The zero-order valence-electron chi connectivity index (χ0n) is 14.4. The third kappa shape index (κ3) is 5.16. The van der Waals surface area contributed by atoms with Gasteiger partial charge in [0.2, 0.25) is 0 Å². The van der Waals surface area contributed by atoms with Gasteiger partial charge in [0.1, 0.15) is 0 Å². The molecule has 0 aliphatic heterocycles. The second kappa shape index (κ2) is 9.34. The molecule has 0 amide bonds. The Morgan fingerprint density at radius 1 is 0.885 bits per heavy atom. The summed E-state index contributed by atoms with van der Waals surface area (Å²) < 4.78 is 0. The quantitative estimate of drug-likeness (QED) is 0.736. The monoisotopic (exact) mass is 351 g/mol. The van der Waals surface area contributed by atoms with Crippen molar-refractivity contribution in [3.05, 3.63) is 82.9 Å². The van der Waals surface area contributed by atoms with Crippen LogP contribution < -0.4 is 5.32 Å². The summed E-state index contributed by atoms with van der Waals surface area (Å²) in [7, 11) is 2.02. The van der Waals surface area contributed by atoms with Crippen LogP contribution >= 0.6 is 0 Å². The van der Waals surface area contributed by atoms with Gasteiger partial charge in [-0.3, -0.25) is 0 Å². The van der Waals surface area contributed by atoms with E-state index in [1.807, 2.05) is 7.05 Å². The molecule has 0 fully saturated rings. The van der Waals surface area contributed by atoms with Crippen molar-refractivity contribution in [3.8, 4) is 0 Å². The predicted octanol–water partition coefficient (Wildman–Crippen LogP) is 3.23. The molecule has 3 N–H and O–H groups in total. The smallest absolute Gasteiger partial charge is 0.328 e. The van der Waals surface area contributed by atoms with Gasteiger partial charge in [0.25, 0.3) is 0 Å². The Hall–Kier alpha value is -3.18. The molecule has 1 aliphatic rings. The number of carboxylic acid groups (broad SMARTS) is 2. The van der Waals surface area contributed by atoms with E-state index in [1.54, 1.807) is 0 Å². The molecule has 0 spiro atoms. The lowest BCUT2D eigenvalue weighted by Gasteiger charge is -2.19. The summed E-state index contributed by atoms with van der Waals surface area (Å²) >= 11 is 0. The molecule has 5 nitrogen and oxygen atoms in total. The normalized spacial score (nSPS) is 12.5. The Morgan fingerprint density at radius 2 is 1.31 bits per heavy atom. The molecule has 26 heavy (non-hydrogen) atoms. The van der Waals surface area contributed by atoms with Crippen LogP contribution in [0.15, 0.2) is 60.7 Å². The fourth-order valence-electron chi connectivity index (χ4n) is 2.87. The molecule has 134 valence electrons. The number of nitrogens with one attached hydrogen (secondary N) is 1. The van der Waals surface area contributed by atoms with Crippen LogP contribution in [-0.2, 0) is 9.59 Å². The Morgan fingerprint density at radius 3 is 1.69 bits per heavy atom. The average Bonchev–Trinajstić information content (AvgIpc) is 2.79. The molecule has 0 heterocycles. The average molecular weight is 351 g/mol. The SMILES string of the molecule is CNCC1c2ccccc2C=Cc2ccccc21.O=C(O)C=CC(=O)O. The molecule has 0 atom stereocenters. The van der Waals surface area contributed by atoms with Crippen LogP contribution in [0.2, 0.25) is 0 Å². The number of likely N-dealkylation sites (N-methyl/N-ethyl adjacent to an activating group) is 1. The van der Waals surface area contributed by atoms with E-state index in [1.165, 1.54) is 22.3 Å². The topological polar surface area (TPSA) is 86.6 Å². The van der Waals surface area contributed by atoms with Gasteiger partial charge in [-0.25, -0.2) is 9.59 Å². The van der Waals surface area contributed by atoms with Crippen molar-refractivity contribution in [2.75, 3.05) is 13.6 Å². The van der Waals surface area contributed by atoms with Crippen LogP contribution in [0.3, 0.4) is 0 Å². The lowest BCUT2D eigenvalue weighted by molar-refractivity contribution is -0.134. The van der Waals surface area contributed by atoms with Crippen molar-refractivity contribution < 1.29 is 19.8 Å². The third-order valence-corrected chi connectivity index (χ3v) is 3.96. The molecule has 0 unspecified atom stereocenters. The highest BCUT2D eigenvalue weighted by Gasteiger charge is 2.19. The summed E-state index contributed by atoms with van der Waals surface area (Å²) in [5, 5.41) is 18.9. The maximum Gasteiger partial charge on any atom is 0.328 e. The number of benzene rings is 2. The first kappa shape index (κ1) is 19.1. The van der Waals surface area contributed by atoms with E-state index in [9.17, 15) is 9.59 Å². The second-order valence-corrected chi connectivity index (χ2v) is 5.71. The zero-order valence-corrected chi connectivity index (χ0v) is 14.4. The molecular formula is C21H21NO4. The van der Waals surface area contributed by atoms with Gasteiger partial charge in [-0.15, -0.1) is 0 Å². The van der Waals surface area contributed by atoms with E-state index in [-0.39, 0.29) is 0 Å². The van der Waals surface area contributed by atoms with Crippen molar-refractivity contribution in [3.63, 3.8) is 0 Å². The van der Waals surface area contributed by atoms with Crippen LogP contribution in [0.1, 0.15) is 28.2 Å². The van der Waals surface area contributed by atoms with Gasteiger partial charge >= 0.3 is 11.9 Å². The maximum absolute atomic E-state index is 9.55. The largest absolute Gasteiger partial charge is 0.478 e. The first-order chi connectivity index (χ1) is 12.5.